The van der Waals surface area contributed by atoms with Gasteiger partial charge in [0.2, 0.25) is 10.4 Å². The molecule has 0 aromatic rings. The fourth-order valence-corrected chi connectivity index (χ4v) is 3.21. The molecule has 0 spiro atoms. The van der Waals surface area contributed by atoms with Gasteiger partial charge in [0.1, 0.15) is 39.5 Å². The lowest BCUT2D eigenvalue weighted by molar-refractivity contribution is -0.910. The standard InChI is InChI=1S/C31H48NO12.CH4O4S/c1-23(2)29(36)42-17-8-11-26(33)39-20-14-32(7,15-21-40-27(34)12-9-18-43-30(37)24(3)4)16-22-41-28(35)13-10-19-44-31(38)25(5)6;1-5-6(2,3)4/h1,3,5,8-22H2,2,4,6-7H3;1H3,(H,2,3,4)/q+1;/p-1. The van der Waals surface area contributed by atoms with E-state index in [1.54, 1.807) is 0 Å². The van der Waals surface area contributed by atoms with Gasteiger partial charge in [-0.1, -0.05) is 19.7 Å². The first-order valence-corrected chi connectivity index (χ1v) is 16.9. The molecular weight excluding hydrogens is 686 g/mol. The monoisotopic (exact) mass is 737 g/mol. The van der Waals surface area contributed by atoms with Gasteiger partial charge in [0, 0.05) is 36.0 Å². The van der Waals surface area contributed by atoms with Gasteiger partial charge in [0.05, 0.1) is 34.0 Å². The van der Waals surface area contributed by atoms with Crippen LogP contribution in [0.15, 0.2) is 36.5 Å². The summed E-state index contributed by atoms with van der Waals surface area (Å²) < 4.78 is 62.1. The van der Waals surface area contributed by atoms with Crippen molar-refractivity contribution in [3.05, 3.63) is 36.5 Å². The number of quaternary nitrogens is 1. The van der Waals surface area contributed by atoms with Crippen LogP contribution in [0.3, 0.4) is 0 Å². The van der Waals surface area contributed by atoms with Crippen molar-refractivity contribution in [3.8, 4) is 0 Å². The molecule has 0 radical (unpaired) electrons. The summed E-state index contributed by atoms with van der Waals surface area (Å²) in [6.07, 6.45) is 1.08. The minimum Gasteiger partial charge on any atom is -0.726 e. The van der Waals surface area contributed by atoms with E-state index in [1.807, 2.05) is 7.05 Å². The highest BCUT2D eigenvalue weighted by Crippen LogP contribution is 2.07. The fraction of sp³-hybridized carbons (Fsp3) is 0.625. The lowest BCUT2D eigenvalue weighted by Gasteiger charge is -2.34. The molecule has 0 atom stereocenters. The van der Waals surface area contributed by atoms with Crippen LogP contribution < -0.4 is 0 Å². The van der Waals surface area contributed by atoms with Gasteiger partial charge in [-0.05, 0) is 40.0 Å². The normalized spacial score (nSPS) is 10.8. The van der Waals surface area contributed by atoms with Gasteiger partial charge in [0.25, 0.3) is 0 Å². The van der Waals surface area contributed by atoms with Gasteiger partial charge < -0.3 is 37.5 Å². The molecule has 0 bridgehead atoms. The van der Waals surface area contributed by atoms with Gasteiger partial charge in [0.15, 0.2) is 0 Å². The predicted octanol–water partition coefficient (Wildman–Crippen LogP) is 1.85. The van der Waals surface area contributed by atoms with E-state index in [4.69, 9.17) is 28.4 Å². The van der Waals surface area contributed by atoms with Crippen LogP contribution in [0.5, 0.6) is 0 Å². The van der Waals surface area contributed by atoms with E-state index in [1.165, 1.54) is 20.8 Å². The first kappa shape index (κ1) is 48.0. The van der Waals surface area contributed by atoms with E-state index in [0.29, 0.717) is 38.9 Å². The molecule has 286 valence electrons. The quantitative estimate of drug-likeness (QED) is 0.0248. The predicted molar refractivity (Wildman–Crippen MR) is 175 cm³/mol. The largest absolute Gasteiger partial charge is 0.726 e. The summed E-state index contributed by atoms with van der Waals surface area (Å²) in [4.78, 5) is 70.6. The van der Waals surface area contributed by atoms with E-state index >= 15 is 0 Å². The second kappa shape index (κ2) is 26.7. The lowest BCUT2D eigenvalue weighted by atomic mass is 10.3. The van der Waals surface area contributed by atoms with Crippen LogP contribution in [0, 0.1) is 0 Å². The number of nitrogens with zero attached hydrogens (tertiary/aromatic N) is 1. The van der Waals surface area contributed by atoms with Gasteiger partial charge in [-0.3, -0.25) is 18.6 Å². The van der Waals surface area contributed by atoms with E-state index in [2.05, 4.69) is 23.9 Å². The Hall–Kier alpha value is -4.13. The van der Waals surface area contributed by atoms with Crippen LogP contribution in [0.4, 0.5) is 0 Å². The number of hydrogen-bond acceptors (Lipinski definition) is 16. The highest BCUT2D eigenvalue weighted by Gasteiger charge is 2.24. The lowest BCUT2D eigenvalue weighted by Crippen LogP contribution is -2.51. The zero-order valence-electron chi connectivity index (χ0n) is 29.6. The molecule has 0 saturated carbocycles. The molecule has 0 aliphatic heterocycles. The number of carbonyl (C=O) groups excluding carboxylic acids is 6. The number of ether oxygens (including phenoxy) is 6. The van der Waals surface area contributed by atoms with Gasteiger partial charge >= 0.3 is 35.8 Å². The topological polar surface area (TPSA) is 224 Å². The van der Waals surface area contributed by atoms with Crippen LogP contribution in [-0.4, -0.2) is 127 Å². The first-order valence-electron chi connectivity index (χ1n) is 15.5. The first-order chi connectivity index (χ1) is 23.2. The van der Waals surface area contributed by atoms with Crippen LogP contribution in [-0.2, 0) is 71.8 Å². The second-order valence-corrected chi connectivity index (χ2v) is 12.2. The van der Waals surface area contributed by atoms with Crippen molar-refractivity contribution in [2.45, 2.75) is 59.3 Å². The number of carbonyl (C=O) groups is 6. The van der Waals surface area contributed by atoms with Gasteiger partial charge in [-0.15, -0.1) is 0 Å². The number of esters is 6. The van der Waals surface area contributed by atoms with Crippen molar-refractivity contribution in [1.82, 2.24) is 0 Å². The summed E-state index contributed by atoms with van der Waals surface area (Å²) in [5, 5.41) is 0. The fourth-order valence-electron chi connectivity index (χ4n) is 3.21. The molecule has 0 amide bonds. The van der Waals surface area contributed by atoms with Crippen molar-refractivity contribution in [1.29, 1.82) is 0 Å². The Morgan fingerprint density at radius 3 is 0.980 bits per heavy atom. The minimum absolute atomic E-state index is 0.0605. The van der Waals surface area contributed by atoms with Crippen molar-refractivity contribution in [3.63, 3.8) is 0 Å². The third kappa shape index (κ3) is 28.8. The molecule has 0 unspecified atom stereocenters. The molecule has 0 saturated heterocycles. The maximum Gasteiger partial charge on any atom is 0.333 e. The van der Waals surface area contributed by atoms with E-state index in [-0.39, 0.29) is 80.1 Å². The zero-order valence-corrected chi connectivity index (χ0v) is 30.4. The SMILES string of the molecule is C=C(C)C(=O)OCCCC(=O)OCC[N+](C)(CCOC(=O)CCCOC(=O)C(=C)C)CCOC(=O)CCCOC(=O)C(=C)C.COS(=O)(=O)[O-]. The summed E-state index contributed by atoms with van der Waals surface area (Å²) in [7, 11) is -1.76. The molecule has 0 fully saturated rings. The Morgan fingerprint density at radius 2 is 0.780 bits per heavy atom. The highest BCUT2D eigenvalue weighted by atomic mass is 32.3. The summed E-state index contributed by atoms with van der Waals surface area (Å²) in [6.45, 7) is 16.5. The van der Waals surface area contributed by atoms with Crippen LogP contribution in [0.1, 0.15) is 59.3 Å². The van der Waals surface area contributed by atoms with E-state index < -0.39 is 46.2 Å². The molecule has 0 heterocycles. The Labute approximate surface area is 294 Å². The average molecular weight is 738 g/mol. The molecule has 0 aliphatic carbocycles. The molecule has 0 aliphatic rings. The molecule has 18 heteroatoms. The second-order valence-electron chi connectivity index (χ2n) is 11.1. The Bertz CT molecular complexity index is 1150. The van der Waals surface area contributed by atoms with Gasteiger partial charge in [-0.25, -0.2) is 22.8 Å². The van der Waals surface area contributed by atoms with E-state index in [9.17, 15) is 41.7 Å². The summed E-state index contributed by atoms with van der Waals surface area (Å²) in [5.74, 6) is -2.94. The Kier molecular flexibility index (Phi) is 25.6. The Balaban J connectivity index is 0. The molecule has 50 heavy (non-hydrogen) atoms. The van der Waals surface area contributed by atoms with Crippen molar-refractivity contribution in [2.24, 2.45) is 0 Å². The number of hydrogen-bond donors (Lipinski definition) is 0. The molecular formula is C32H51NO16S. The summed E-state index contributed by atoms with van der Waals surface area (Å²) in [5.41, 5.74) is 0.817. The zero-order chi connectivity index (χ0) is 38.8. The average Bonchev–Trinajstić information content (AvgIpc) is 3.02. The van der Waals surface area contributed by atoms with Crippen molar-refractivity contribution >= 4 is 46.2 Å². The summed E-state index contributed by atoms with van der Waals surface area (Å²) >= 11 is 0. The summed E-state index contributed by atoms with van der Waals surface area (Å²) in [6, 6.07) is 0. The molecule has 0 rings (SSSR count). The molecule has 0 N–H and O–H groups in total. The van der Waals surface area contributed by atoms with Crippen LogP contribution >= 0.6 is 0 Å². The number of likely N-dealkylation sites (N-methyl/N-ethyl adjacent to an activating group) is 1. The molecule has 0 aromatic heterocycles. The van der Waals surface area contributed by atoms with Crippen LogP contribution in [0.2, 0.25) is 0 Å². The Morgan fingerprint density at radius 1 is 0.540 bits per heavy atom. The third-order valence-corrected chi connectivity index (χ3v) is 6.62. The third-order valence-electron chi connectivity index (χ3n) is 6.21. The molecule has 17 nitrogen and oxygen atoms in total. The van der Waals surface area contributed by atoms with E-state index in [0.717, 1.165) is 7.11 Å². The maximum absolute atomic E-state index is 12.1. The molecule has 0 aromatic carbocycles. The van der Waals surface area contributed by atoms with Crippen molar-refractivity contribution < 1.29 is 78.8 Å². The van der Waals surface area contributed by atoms with Crippen molar-refractivity contribution in [2.75, 3.05) is 73.4 Å². The smallest absolute Gasteiger partial charge is 0.333 e. The highest BCUT2D eigenvalue weighted by molar-refractivity contribution is 7.80. The number of rotatable bonds is 25. The van der Waals surface area contributed by atoms with Gasteiger partial charge in [-0.2, -0.15) is 0 Å². The van der Waals surface area contributed by atoms with Crippen LogP contribution in [0.25, 0.3) is 0 Å². The maximum atomic E-state index is 12.1. The minimum atomic E-state index is -4.41.